The predicted octanol–water partition coefficient (Wildman–Crippen LogP) is 3.31. The van der Waals surface area contributed by atoms with Gasteiger partial charge in [-0.1, -0.05) is 41.9 Å². The minimum atomic E-state index is -1.00. The van der Waals surface area contributed by atoms with Gasteiger partial charge in [-0.3, -0.25) is 9.69 Å². The second-order valence-electron chi connectivity index (χ2n) is 5.24. The van der Waals surface area contributed by atoms with Crippen LogP contribution in [0.1, 0.15) is 17.9 Å². The molecule has 0 spiro atoms. The first-order valence-electron chi connectivity index (χ1n) is 6.93. The minimum absolute atomic E-state index is 0.184. The highest BCUT2D eigenvalue weighted by Crippen LogP contribution is 2.37. The lowest BCUT2D eigenvalue weighted by atomic mass is 9.91. The summed E-state index contributed by atoms with van der Waals surface area (Å²) in [5, 5.41) is 10.2. The van der Waals surface area contributed by atoms with Gasteiger partial charge in [-0.05, 0) is 29.8 Å². The van der Waals surface area contributed by atoms with Gasteiger partial charge in [0, 0.05) is 23.0 Å². The summed E-state index contributed by atoms with van der Waals surface area (Å²) in [7, 11) is 0. The van der Waals surface area contributed by atoms with Gasteiger partial charge in [-0.15, -0.1) is 0 Å². The van der Waals surface area contributed by atoms with Crippen molar-refractivity contribution in [2.45, 2.75) is 18.4 Å². The Morgan fingerprint density at radius 3 is 2.32 bits per heavy atom. The Hall–Kier alpha value is -2.33. The van der Waals surface area contributed by atoms with Crippen LogP contribution in [0.2, 0.25) is 5.02 Å². The van der Waals surface area contributed by atoms with Crippen LogP contribution >= 0.6 is 11.6 Å². The molecule has 5 heteroatoms. The lowest BCUT2D eigenvalue weighted by molar-refractivity contribution is -0.139. The molecule has 1 N–H and O–H groups in total. The number of benzene rings is 2. The molecular formula is C17H14ClNO3. The largest absolute Gasteiger partial charge is 0.480 e. The molecule has 0 aromatic heterocycles. The van der Waals surface area contributed by atoms with Crippen molar-refractivity contribution in [1.82, 2.24) is 0 Å². The lowest BCUT2D eigenvalue weighted by Gasteiger charge is -2.25. The number of aliphatic carboxylic acids is 1. The van der Waals surface area contributed by atoms with Crippen LogP contribution in [-0.4, -0.2) is 23.0 Å². The molecule has 0 unspecified atom stereocenters. The van der Waals surface area contributed by atoms with Gasteiger partial charge in [-0.25, -0.2) is 4.79 Å². The Morgan fingerprint density at radius 2 is 1.73 bits per heavy atom. The number of carboxylic acids is 1. The molecule has 1 aliphatic rings. The SMILES string of the molecule is O=C(O)[C@@H]1[C@H](c2ccccc2)CC(=O)N1c1ccc(Cl)cc1. The molecule has 1 saturated heterocycles. The van der Waals surface area contributed by atoms with Crippen LogP contribution < -0.4 is 4.90 Å². The summed E-state index contributed by atoms with van der Waals surface area (Å²) in [6.07, 6.45) is 0.184. The highest BCUT2D eigenvalue weighted by molar-refractivity contribution is 6.30. The van der Waals surface area contributed by atoms with Crippen molar-refractivity contribution in [3.8, 4) is 0 Å². The first kappa shape index (κ1) is 14.6. The van der Waals surface area contributed by atoms with Crippen LogP contribution in [0.15, 0.2) is 54.6 Å². The normalized spacial score (nSPS) is 21.1. The Labute approximate surface area is 132 Å². The van der Waals surface area contributed by atoms with Crippen LogP contribution in [-0.2, 0) is 9.59 Å². The molecule has 1 fully saturated rings. The molecule has 112 valence electrons. The maximum absolute atomic E-state index is 12.4. The zero-order valence-electron chi connectivity index (χ0n) is 11.6. The van der Waals surface area contributed by atoms with Gasteiger partial charge in [0.25, 0.3) is 0 Å². The molecule has 0 radical (unpaired) electrons. The lowest BCUT2D eigenvalue weighted by Crippen LogP contribution is -2.40. The smallest absolute Gasteiger partial charge is 0.327 e. The maximum atomic E-state index is 12.4. The summed E-state index contributed by atoms with van der Waals surface area (Å²) >= 11 is 5.86. The number of anilines is 1. The number of carboxylic acid groups (broad SMARTS) is 1. The van der Waals surface area contributed by atoms with Gasteiger partial charge < -0.3 is 5.11 Å². The Kier molecular flexibility index (Phi) is 3.86. The highest BCUT2D eigenvalue weighted by Gasteiger charge is 2.45. The molecule has 1 amide bonds. The summed E-state index contributed by atoms with van der Waals surface area (Å²) < 4.78 is 0. The van der Waals surface area contributed by atoms with E-state index in [1.807, 2.05) is 30.3 Å². The number of amides is 1. The van der Waals surface area contributed by atoms with Crippen molar-refractivity contribution >= 4 is 29.2 Å². The summed E-state index contributed by atoms with van der Waals surface area (Å²) in [4.78, 5) is 25.5. The van der Waals surface area contributed by atoms with Crippen molar-refractivity contribution in [2.24, 2.45) is 0 Å². The summed E-state index contributed by atoms with van der Waals surface area (Å²) in [6, 6.07) is 15.0. The zero-order chi connectivity index (χ0) is 15.7. The molecule has 4 nitrogen and oxygen atoms in total. The van der Waals surface area contributed by atoms with Gasteiger partial charge >= 0.3 is 5.97 Å². The van der Waals surface area contributed by atoms with E-state index in [0.29, 0.717) is 10.7 Å². The fourth-order valence-electron chi connectivity index (χ4n) is 2.92. The standard InChI is InChI=1S/C17H14ClNO3/c18-12-6-8-13(9-7-12)19-15(20)10-14(16(19)17(21)22)11-4-2-1-3-5-11/h1-9,14,16H,10H2,(H,21,22)/t14-,16-/m0/s1. The zero-order valence-corrected chi connectivity index (χ0v) is 12.4. The van der Waals surface area contributed by atoms with Gasteiger partial charge in [0.1, 0.15) is 6.04 Å². The third-order valence-electron chi connectivity index (χ3n) is 3.91. The van der Waals surface area contributed by atoms with E-state index in [1.54, 1.807) is 24.3 Å². The summed E-state index contributed by atoms with van der Waals surface area (Å²) in [5.74, 6) is -1.56. The third kappa shape index (κ3) is 2.57. The summed E-state index contributed by atoms with van der Waals surface area (Å²) in [6.45, 7) is 0. The van der Waals surface area contributed by atoms with Gasteiger partial charge in [0.05, 0.1) is 0 Å². The number of hydrogen-bond donors (Lipinski definition) is 1. The fourth-order valence-corrected chi connectivity index (χ4v) is 3.05. The molecule has 1 aliphatic heterocycles. The quantitative estimate of drug-likeness (QED) is 0.945. The maximum Gasteiger partial charge on any atom is 0.327 e. The topological polar surface area (TPSA) is 57.6 Å². The van der Waals surface area contributed by atoms with Crippen LogP contribution in [0.25, 0.3) is 0 Å². The van der Waals surface area contributed by atoms with Crippen molar-refractivity contribution in [3.63, 3.8) is 0 Å². The molecule has 0 saturated carbocycles. The second kappa shape index (κ2) is 5.81. The fraction of sp³-hybridized carbons (Fsp3) is 0.176. The van der Waals surface area contributed by atoms with Crippen LogP contribution in [0.5, 0.6) is 0 Å². The number of rotatable bonds is 3. The monoisotopic (exact) mass is 315 g/mol. The summed E-state index contributed by atoms with van der Waals surface area (Å²) in [5.41, 5.74) is 1.42. The van der Waals surface area contributed by atoms with Crippen LogP contribution in [0.3, 0.4) is 0 Å². The average Bonchev–Trinajstić information content (AvgIpc) is 2.87. The van der Waals surface area contributed by atoms with Crippen molar-refractivity contribution in [2.75, 3.05) is 4.90 Å². The Balaban J connectivity index is 2.01. The average molecular weight is 316 g/mol. The molecule has 2 atom stereocenters. The van der Waals surface area contributed by atoms with E-state index >= 15 is 0 Å². The number of carbonyl (C=O) groups is 2. The number of hydrogen-bond acceptors (Lipinski definition) is 2. The first-order chi connectivity index (χ1) is 10.6. The predicted molar refractivity (Wildman–Crippen MR) is 84.2 cm³/mol. The molecule has 22 heavy (non-hydrogen) atoms. The van der Waals surface area contributed by atoms with E-state index in [-0.39, 0.29) is 18.2 Å². The molecule has 2 aromatic rings. The van der Waals surface area contributed by atoms with E-state index in [1.165, 1.54) is 4.90 Å². The van der Waals surface area contributed by atoms with Gasteiger partial charge in [0.15, 0.2) is 0 Å². The van der Waals surface area contributed by atoms with E-state index < -0.39 is 12.0 Å². The molecule has 3 rings (SSSR count). The number of carbonyl (C=O) groups excluding carboxylic acids is 1. The molecule has 2 aromatic carbocycles. The van der Waals surface area contributed by atoms with Crippen LogP contribution in [0.4, 0.5) is 5.69 Å². The Bertz CT molecular complexity index is 700. The van der Waals surface area contributed by atoms with Gasteiger partial charge in [0.2, 0.25) is 5.91 Å². The first-order valence-corrected chi connectivity index (χ1v) is 7.31. The van der Waals surface area contributed by atoms with Crippen molar-refractivity contribution < 1.29 is 14.7 Å². The molecule has 1 heterocycles. The minimum Gasteiger partial charge on any atom is -0.480 e. The third-order valence-corrected chi connectivity index (χ3v) is 4.16. The van der Waals surface area contributed by atoms with E-state index in [4.69, 9.17) is 11.6 Å². The highest BCUT2D eigenvalue weighted by atomic mass is 35.5. The van der Waals surface area contributed by atoms with E-state index in [0.717, 1.165) is 5.56 Å². The number of halogens is 1. The number of nitrogens with zero attached hydrogens (tertiary/aromatic N) is 1. The van der Waals surface area contributed by atoms with E-state index in [2.05, 4.69) is 0 Å². The molecular weight excluding hydrogens is 302 g/mol. The van der Waals surface area contributed by atoms with E-state index in [9.17, 15) is 14.7 Å². The van der Waals surface area contributed by atoms with Crippen molar-refractivity contribution in [3.05, 3.63) is 65.2 Å². The second-order valence-corrected chi connectivity index (χ2v) is 5.68. The Morgan fingerprint density at radius 1 is 1.09 bits per heavy atom. The van der Waals surface area contributed by atoms with Crippen molar-refractivity contribution in [1.29, 1.82) is 0 Å². The molecule has 0 aliphatic carbocycles. The van der Waals surface area contributed by atoms with Crippen LogP contribution in [0, 0.1) is 0 Å². The molecule has 0 bridgehead atoms. The van der Waals surface area contributed by atoms with Gasteiger partial charge in [-0.2, -0.15) is 0 Å².